The van der Waals surface area contributed by atoms with Crippen LogP contribution < -0.4 is 5.32 Å². The molecular formula is C17H19NO2. The summed E-state index contributed by atoms with van der Waals surface area (Å²) in [5.41, 5.74) is 1.86. The Morgan fingerprint density at radius 2 is 2.00 bits per heavy atom. The molecule has 1 fully saturated rings. The highest BCUT2D eigenvalue weighted by molar-refractivity contribution is 5.98. The first-order chi connectivity index (χ1) is 9.74. The van der Waals surface area contributed by atoms with Crippen molar-refractivity contribution in [3.63, 3.8) is 0 Å². The van der Waals surface area contributed by atoms with Crippen molar-refractivity contribution in [3.8, 4) is 11.1 Å². The van der Waals surface area contributed by atoms with E-state index in [1.807, 2.05) is 36.4 Å². The van der Waals surface area contributed by atoms with Gasteiger partial charge < -0.3 is 9.73 Å². The molecule has 3 heteroatoms. The van der Waals surface area contributed by atoms with Crippen LogP contribution in [0.15, 0.2) is 47.1 Å². The number of amides is 1. The van der Waals surface area contributed by atoms with Gasteiger partial charge in [-0.05, 0) is 36.8 Å². The molecule has 1 aromatic heterocycles. The average Bonchev–Trinajstić information content (AvgIpc) is 3.09. The maximum absolute atomic E-state index is 12.4. The molecule has 20 heavy (non-hydrogen) atoms. The summed E-state index contributed by atoms with van der Waals surface area (Å²) < 4.78 is 5.41. The summed E-state index contributed by atoms with van der Waals surface area (Å²) in [4.78, 5) is 12.4. The monoisotopic (exact) mass is 269 g/mol. The molecule has 3 nitrogen and oxygen atoms in total. The van der Waals surface area contributed by atoms with E-state index in [-0.39, 0.29) is 11.9 Å². The minimum absolute atomic E-state index is 0.104. The lowest BCUT2D eigenvalue weighted by molar-refractivity contribution is 0.0910. The molecule has 1 aromatic carbocycles. The molecule has 0 radical (unpaired) electrons. The third-order valence-corrected chi connectivity index (χ3v) is 3.99. The van der Waals surface area contributed by atoms with Gasteiger partial charge in [0.15, 0.2) is 5.76 Å². The van der Waals surface area contributed by atoms with E-state index in [9.17, 15) is 4.79 Å². The fraction of sp³-hybridized carbons (Fsp3) is 0.353. The Kier molecular flexibility index (Phi) is 3.59. The van der Waals surface area contributed by atoms with Crippen LogP contribution >= 0.6 is 0 Å². The van der Waals surface area contributed by atoms with Crippen molar-refractivity contribution in [2.45, 2.75) is 32.2 Å². The highest BCUT2D eigenvalue weighted by Gasteiger charge is 2.25. The van der Waals surface area contributed by atoms with Crippen LogP contribution in [0.3, 0.4) is 0 Å². The Morgan fingerprint density at radius 1 is 1.20 bits per heavy atom. The smallest absolute Gasteiger partial charge is 0.287 e. The molecule has 0 aliphatic heterocycles. The summed E-state index contributed by atoms with van der Waals surface area (Å²) in [6.45, 7) is 2.23. The Hall–Kier alpha value is -2.03. The van der Waals surface area contributed by atoms with Crippen LogP contribution in [0.5, 0.6) is 0 Å². The van der Waals surface area contributed by atoms with Crippen LogP contribution in [0.4, 0.5) is 0 Å². The van der Waals surface area contributed by atoms with Gasteiger partial charge >= 0.3 is 0 Å². The molecule has 1 N–H and O–H groups in total. The molecule has 1 saturated carbocycles. The van der Waals surface area contributed by atoms with E-state index in [2.05, 4.69) is 12.2 Å². The zero-order valence-corrected chi connectivity index (χ0v) is 11.6. The van der Waals surface area contributed by atoms with E-state index in [1.165, 1.54) is 6.42 Å². The van der Waals surface area contributed by atoms with Crippen molar-refractivity contribution in [1.29, 1.82) is 0 Å². The van der Waals surface area contributed by atoms with Gasteiger partial charge in [-0.25, -0.2) is 0 Å². The zero-order chi connectivity index (χ0) is 13.9. The average molecular weight is 269 g/mol. The largest absolute Gasteiger partial charge is 0.459 e. The Balaban J connectivity index is 1.78. The second-order valence-electron chi connectivity index (χ2n) is 5.62. The van der Waals surface area contributed by atoms with Crippen LogP contribution in [0.25, 0.3) is 11.1 Å². The van der Waals surface area contributed by atoms with Gasteiger partial charge in [0.05, 0.1) is 6.26 Å². The van der Waals surface area contributed by atoms with Gasteiger partial charge in [-0.3, -0.25) is 4.79 Å². The number of benzene rings is 1. The Bertz CT molecular complexity index is 588. The second kappa shape index (κ2) is 5.53. The Morgan fingerprint density at radius 3 is 2.70 bits per heavy atom. The second-order valence-corrected chi connectivity index (χ2v) is 5.62. The van der Waals surface area contributed by atoms with E-state index < -0.39 is 0 Å². The van der Waals surface area contributed by atoms with Gasteiger partial charge in [-0.2, -0.15) is 0 Å². The van der Waals surface area contributed by atoms with Gasteiger partial charge in [-0.15, -0.1) is 0 Å². The highest BCUT2D eigenvalue weighted by Crippen LogP contribution is 2.27. The Labute approximate surface area is 119 Å². The zero-order valence-electron chi connectivity index (χ0n) is 11.6. The third kappa shape index (κ3) is 2.62. The molecule has 104 valence electrons. The first-order valence-electron chi connectivity index (χ1n) is 7.18. The molecule has 1 amide bonds. The predicted molar refractivity (Wildman–Crippen MR) is 78.4 cm³/mol. The van der Waals surface area contributed by atoms with Crippen molar-refractivity contribution in [1.82, 2.24) is 5.32 Å². The molecule has 2 aromatic rings. The lowest BCUT2D eigenvalue weighted by Gasteiger charge is -2.12. The lowest BCUT2D eigenvalue weighted by Crippen LogP contribution is -2.32. The van der Waals surface area contributed by atoms with Crippen molar-refractivity contribution in [3.05, 3.63) is 48.4 Å². The van der Waals surface area contributed by atoms with E-state index in [4.69, 9.17) is 4.42 Å². The summed E-state index contributed by atoms with van der Waals surface area (Å²) in [5.74, 6) is 1.01. The van der Waals surface area contributed by atoms with Gasteiger partial charge in [0, 0.05) is 11.6 Å². The molecular weight excluding hydrogens is 250 g/mol. The van der Waals surface area contributed by atoms with Crippen LogP contribution in [0, 0.1) is 5.92 Å². The molecule has 1 aliphatic rings. The number of hydrogen-bond donors (Lipinski definition) is 1. The van der Waals surface area contributed by atoms with Gasteiger partial charge in [0.1, 0.15) is 0 Å². The molecule has 1 heterocycles. The molecule has 0 bridgehead atoms. The van der Waals surface area contributed by atoms with Crippen LogP contribution in [0.1, 0.15) is 36.7 Å². The number of carbonyl (C=O) groups excluding carboxylic acids is 1. The minimum atomic E-state index is -0.104. The normalized spacial score (nSPS) is 21.9. The summed E-state index contributed by atoms with van der Waals surface area (Å²) in [7, 11) is 0. The van der Waals surface area contributed by atoms with Crippen LogP contribution in [0.2, 0.25) is 0 Å². The molecule has 1 aliphatic carbocycles. The first-order valence-corrected chi connectivity index (χ1v) is 7.18. The SMILES string of the molecule is CC1CCC(NC(=O)c2occc2-c2ccccc2)C1. The van der Waals surface area contributed by atoms with Gasteiger partial charge in [0.25, 0.3) is 5.91 Å². The van der Waals surface area contributed by atoms with Crippen LogP contribution in [-0.4, -0.2) is 11.9 Å². The number of nitrogens with one attached hydrogen (secondary N) is 1. The van der Waals surface area contributed by atoms with E-state index in [0.717, 1.165) is 24.0 Å². The standard InChI is InChI=1S/C17H19NO2/c1-12-7-8-14(11-12)18-17(19)16-15(9-10-20-16)13-5-3-2-4-6-13/h2-6,9-10,12,14H,7-8,11H2,1H3,(H,18,19). The predicted octanol–water partition coefficient (Wildman–Crippen LogP) is 3.87. The minimum Gasteiger partial charge on any atom is -0.459 e. The topological polar surface area (TPSA) is 42.2 Å². The van der Waals surface area contributed by atoms with Crippen LogP contribution in [-0.2, 0) is 0 Å². The number of hydrogen-bond acceptors (Lipinski definition) is 2. The van der Waals surface area contributed by atoms with Crippen molar-refractivity contribution in [2.75, 3.05) is 0 Å². The lowest BCUT2D eigenvalue weighted by atomic mass is 10.1. The maximum Gasteiger partial charge on any atom is 0.287 e. The van der Waals surface area contributed by atoms with E-state index in [0.29, 0.717) is 11.7 Å². The summed E-state index contributed by atoms with van der Waals surface area (Å²) >= 11 is 0. The molecule has 2 atom stereocenters. The van der Waals surface area contributed by atoms with Gasteiger partial charge in [0.2, 0.25) is 0 Å². The fourth-order valence-corrected chi connectivity index (χ4v) is 2.92. The summed E-state index contributed by atoms with van der Waals surface area (Å²) in [6, 6.07) is 12.0. The number of carbonyl (C=O) groups is 1. The van der Waals surface area contributed by atoms with Crippen molar-refractivity contribution >= 4 is 5.91 Å². The van der Waals surface area contributed by atoms with Gasteiger partial charge in [-0.1, -0.05) is 37.3 Å². The van der Waals surface area contributed by atoms with E-state index in [1.54, 1.807) is 6.26 Å². The quantitative estimate of drug-likeness (QED) is 0.919. The fourth-order valence-electron chi connectivity index (χ4n) is 2.92. The number of furan rings is 1. The maximum atomic E-state index is 12.4. The number of rotatable bonds is 3. The first kappa shape index (κ1) is 13.0. The molecule has 2 unspecified atom stereocenters. The van der Waals surface area contributed by atoms with Crippen molar-refractivity contribution < 1.29 is 9.21 Å². The molecule has 0 spiro atoms. The summed E-state index contributed by atoms with van der Waals surface area (Å²) in [5, 5.41) is 3.09. The summed E-state index contributed by atoms with van der Waals surface area (Å²) in [6.07, 6.45) is 4.89. The van der Waals surface area contributed by atoms with E-state index >= 15 is 0 Å². The van der Waals surface area contributed by atoms with Crippen molar-refractivity contribution in [2.24, 2.45) is 5.92 Å². The third-order valence-electron chi connectivity index (χ3n) is 3.99. The molecule has 3 rings (SSSR count). The highest BCUT2D eigenvalue weighted by atomic mass is 16.3. The molecule has 0 saturated heterocycles.